The van der Waals surface area contributed by atoms with E-state index in [4.69, 9.17) is 10.5 Å². The highest BCUT2D eigenvalue weighted by molar-refractivity contribution is 5.48. The Bertz CT molecular complexity index is 321. The van der Waals surface area contributed by atoms with Crippen molar-refractivity contribution in [2.24, 2.45) is 5.73 Å². The SMILES string of the molecule is COc1cccc(NCC2(N)CC2)c1. The first-order valence-electron chi connectivity index (χ1n) is 4.89. The minimum atomic E-state index is 0.0447. The summed E-state index contributed by atoms with van der Waals surface area (Å²) in [6.07, 6.45) is 2.26. The Hall–Kier alpha value is -1.22. The zero-order valence-electron chi connectivity index (χ0n) is 8.42. The molecule has 0 radical (unpaired) electrons. The number of methoxy groups -OCH3 is 1. The van der Waals surface area contributed by atoms with Gasteiger partial charge in [0.15, 0.2) is 0 Å². The molecule has 0 atom stereocenters. The summed E-state index contributed by atoms with van der Waals surface area (Å²) in [5.74, 6) is 0.872. The zero-order chi connectivity index (χ0) is 10.0. The quantitative estimate of drug-likeness (QED) is 0.761. The highest BCUT2D eigenvalue weighted by Crippen LogP contribution is 2.32. The van der Waals surface area contributed by atoms with Crippen LogP contribution < -0.4 is 15.8 Å². The molecule has 0 spiro atoms. The lowest BCUT2D eigenvalue weighted by Gasteiger charge is -2.12. The van der Waals surface area contributed by atoms with Crippen LogP contribution in [0.5, 0.6) is 5.75 Å². The Labute approximate surface area is 84.3 Å². The third kappa shape index (κ3) is 2.17. The summed E-state index contributed by atoms with van der Waals surface area (Å²) in [5, 5.41) is 3.32. The molecule has 1 aromatic carbocycles. The van der Waals surface area contributed by atoms with Crippen LogP contribution in [0.15, 0.2) is 24.3 Å². The predicted molar refractivity (Wildman–Crippen MR) is 57.6 cm³/mol. The summed E-state index contributed by atoms with van der Waals surface area (Å²) < 4.78 is 5.13. The second kappa shape index (κ2) is 3.50. The second-order valence-corrected chi connectivity index (χ2v) is 3.95. The number of hydrogen-bond acceptors (Lipinski definition) is 3. The van der Waals surface area contributed by atoms with Crippen molar-refractivity contribution in [3.8, 4) is 5.75 Å². The van der Waals surface area contributed by atoms with Gasteiger partial charge in [0.25, 0.3) is 0 Å². The zero-order valence-corrected chi connectivity index (χ0v) is 8.42. The van der Waals surface area contributed by atoms with Crippen LogP contribution in [0.1, 0.15) is 12.8 Å². The van der Waals surface area contributed by atoms with Gasteiger partial charge in [-0.05, 0) is 25.0 Å². The first-order valence-corrected chi connectivity index (χ1v) is 4.89. The van der Waals surface area contributed by atoms with E-state index in [-0.39, 0.29) is 5.54 Å². The Morgan fingerprint density at radius 2 is 2.29 bits per heavy atom. The van der Waals surface area contributed by atoms with Gasteiger partial charge in [-0.3, -0.25) is 0 Å². The second-order valence-electron chi connectivity index (χ2n) is 3.95. The molecule has 0 saturated heterocycles. The molecule has 14 heavy (non-hydrogen) atoms. The Morgan fingerprint density at radius 1 is 1.50 bits per heavy atom. The minimum Gasteiger partial charge on any atom is -0.497 e. The fourth-order valence-electron chi connectivity index (χ4n) is 1.35. The van der Waals surface area contributed by atoms with E-state index >= 15 is 0 Å². The van der Waals surface area contributed by atoms with E-state index in [1.807, 2.05) is 24.3 Å². The first kappa shape index (κ1) is 9.34. The van der Waals surface area contributed by atoms with Crippen molar-refractivity contribution in [2.45, 2.75) is 18.4 Å². The third-order valence-corrected chi connectivity index (χ3v) is 2.61. The van der Waals surface area contributed by atoms with E-state index in [1.54, 1.807) is 7.11 Å². The van der Waals surface area contributed by atoms with Crippen LogP contribution in [-0.4, -0.2) is 19.2 Å². The summed E-state index contributed by atoms with van der Waals surface area (Å²) in [5.41, 5.74) is 7.09. The van der Waals surface area contributed by atoms with E-state index in [0.29, 0.717) is 0 Å². The van der Waals surface area contributed by atoms with Gasteiger partial charge in [-0.25, -0.2) is 0 Å². The van der Waals surface area contributed by atoms with Crippen molar-refractivity contribution in [1.82, 2.24) is 0 Å². The van der Waals surface area contributed by atoms with Crippen LogP contribution in [0.25, 0.3) is 0 Å². The molecule has 3 N–H and O–H groups in total. The predicted octanol–water partition coefficient (Wildman–Crippen LogP) is 1.60. The van der Waals surface area contributed by atoms with Crippen molar-refractivity contribution in [3.63, 3.8) is 0 Å². The molecule has 1 aliphatic rings. The molecule has 1 aromatic rings. The summed E-state index contributed by atoms with van der Waals surface area (Å²) in [6, 6.07) is 7.90. The van der Waals surface area contributed by atoms with Crippen LogP contribution >= 0.6 is 0 Å². The molecule has 0 aromatic heterocycles. The van der Waals surface area contributed by atoms with Gasteiger partial charge in [0.05, 0.1) is 7.11 Å². The number of benzene rings is 1. The molecule has 76 valence electrons. The molecule has 1 saturated carbocycles. The number of ether oxygens (including phenoxy) is 1. The maximum Gasteiger partial charge on any atom is 0.120 e. The van der Waals surface area contributed by atoms with Crippen molar-refractivity contribution in [3.05, 3.63) is 24.3 Å². The standard InChI is InChI=1S/C11H16N2O/c1-14-10-4-2-3-9(7-10)13-8-11(12)5-6-11/h2-4,7,13H,5-6,8,12H2,1H3. The lowest BCUT2D eigenvalue weighted by atomic mass is 10.2. The molecule has 0 unspecified atom stereocenters. The van der Waals surface area contributed by atoms with E-state index < -0.39 is 0 Å². The molecule has 3 nitrogen and oxygen atoms in total. The van der Waals surface area contributed by atoms with E-state index in [9.17, 15) is 0 Å². The Balaban J connectivity index is 1.94. The van der Waals surface area contributed by atoms with Crippen LogP contribution in [0.2, 0.25) is 0 Å². The molecular weight excluding hydrogens is 176 g/mol. The fourth-order valence-corrected chi connectivity index (χ4v) is 1.35. The van der Waals surface area contributed by atoms with Crippen LogP contribution in [0.3, 0.4) is 0 Å². The lowest BCUT2D eigenvalue weighted by molar-refractivity contribution is 0.415. The van der Waals surface area contributed by atoms with E-state index in [0.717, 1.165) is 30.8 Å². The number of anilines is 1. The average Bonchev–Trinajstić information content (AvgIpc) is 2.95. The number of nitrogens with one attached hydrogen (secondary N) is 1. The summed E-state index contributed by atoms with van der Waals surface area (Å²) >= 11 is 0. The number of nitrogens with two attached hydrogens (primary N) is 1. The topological polar surface area (TPSA) is 47.3 Å². The molecule has 1 aliphatic carbocycles. The van der Waals surface area contributed by atoms with Gasteiger partial charge in [0, 0.05) is 23.8 Å². The number of rotatable bonds is 4. The average molecular weight is 192 g/mol. The van der Waals surface area contributed by atoms with Crippen molar-refractivity contribution in [1.29, 1.82) is 0 Å². The van der Waals surface area contributed by atoms with Crippen LogP contribution in [0.4, 0.5) is 5.69 Å². The van der Waals surface area contributed by atoms with E-state index in [2.05, 4.69) is 5.32 Å². The Morgan fingerprint density at radius 3 is 2.93 bits per heavy atom. The van der Waals surface area contributed by atoms with Gasteiger partial charge in [-0.2, -0.15) is 0 Å². The van der Waals surface area contributed by atoms with Gasteiger partial charge in [0.1, 0.15) is 5.75 Å². The first-order chi connectivity index (χ1) is 6.72. The maximum atomic E-state index is 5.97. The minimum absolute atomic E-state index is 0.0447. The van der Waals surface area contributed by atoms with Gasteiger partial charge >= 0.3 is 0 Å². The molecule has 3 heteroatoms. The molecule has 0 heterocycles. The molecule has 1 fully saturated rings. The molecular formula is C11H16N2O. The van der Waals surface area contributed by atoms with Gasteiger partial charge in [0.2, 0.25) is 0 Å². The molecule has 0 aliphatic heterocycles. The number of hydrogen-bond donors (Lipinski definition) is 2. The summed E-state index contributed by atoms with van der Waals surface area (Å²) in [6.45, 7) is 0.847. The summed E-state index contributed by atoms with van der Waals surface area (Å²) in [4.78, 5) is 0. The molecule has 2 rings (SSSR count). The van der Waals surface area contributed by atoms with Crippen molar-refractivity contribution in [2.75, 3.05) is 19.0 Å². The molecule has 0 amide bonds. The van der Waals surface area contributed by atoms with Gasteiger partial charge in [-0.15, -0.1) is 0 Å². The lowest BCUT2D eigenvalue weighted by Crippen LogP contribution is -2.30. The normalized spacial score (nSPS) is 17.6. The van der Waals surface area contributed by atoms with Crippen LogP contribution in [-0.2, 0) is 0 Å². The Kier molecular flexibility index (Phi) is 2.33. The largest absolute Gasteiger partial charge is 0.497 e. The molecule has 0 bridgehead atoms. The smallest absolute Gasteiger partial charge is 0.120 e. The highest BCUT2D eigenvalue weighted by atomic mass is 16.5. The third-order valence-electron chi connectivity index (χ3n) is 2.61. The highest BCUT2D eigenvalue weighted by Gasteiger charge is 2.37. The van der Waals surface area contributed by atoms with Gasteiger partial charge < -0.3 is 15.8 Å². The monoisotopic (exact) mass is 192 g/mol. The van der Waals surface area contributed by atoms with Crippen molar-refractivity contribution < 1.29 is 4.74 Å². The van der Waals surface area contributed by atoms with E-state index in [1.165, 1.54) is 0 Å². The maximum absolute atomic E-state index is 5.97. The van der Waals surface area contributed by atoms with Crippen molar-refractivity contribution >= 4 is 5.69 Å². The van der Waals surface area contributed by atoms with Gasteiger partial charge in [-0.1, -0.05) is 6.07 Å². The van der Waals surface area contributed by atoms with Crippen LogP contribution in [0, 0.1) is 0 Å². The fraction of sp³-hybridized carbons (Fsp3) is 0.455. The summed E-state index contributed by atoms with van der Waals surface area (Å²) in [7, 11) is 1.67.